The molecule has 11 heteroatoms. The molecule has 38 heavy (non-hydrogen) atoms. The van der Waals surface area contributed by atoms with E-state index in [9.17, 15) is 18.0 Å². The molecule has 4 N–H and O–H groups in total. The van der Waals surface area contributed by atoms with Gasteiger partial charge in [-0.05, 0) is 43.4 Å². The van der Waals surface area contributed by atoms with Crippen LogP contribution < -0.4 is 15.4 Å². The summed E-state index contributed by atoms with van der Waals surface area (Å²) >= 11 is 0. The Hall–Kier alpha value is -3.60. The number of sulfonamides is 1. The van der Waals surface area contributed by atoms with Gasteiger partial charge in [0.1, 0.15) is 12.4 Å². The molecular formula is C27H35N5O5S. The Balaban J connectivity index is 1.47. The highest BCUT2D eigenvalue weighted by Gasteiger charge is 2.47. The largest absolute Gasteiger partial charge is 0.425 e. The van der Waals surface area contributed by atoms with Crippen LogP contribution in [0.5, 0.6) is 0 Å². The summed E-state index contributed by atoms with van der Waals surface area (Å²) in [6.07, 6.45) is 2.87. The van der Waals surface area contributed by atoms with Crippen molar-refractivity contribution in [3.8, 4) is 0 Å². The highest BCUT2D eigenvalue weighted by atomic mass is 32.2. The number of anilines is 1. The molecule has 204 valence electrons. The lowest BCUT2D eigenvalue weighted by Crippen LogP contribution is -2.50. The van der Waals surface area contributed by atoms with E-state index in [1.54, 1.807) is 66.4 Å². The summed E-state index contributed by atoms with van der Waals surface area (Å²) in [5.74, 6) is -0.346. The van der Waals surface area contributed by atoms with Crippen molar-refractivity contribution in [2.75, 3.05) is 16.6 Å². The zero-order valence-corrected chi connectivity index (χ0v) is 22.3. The fourth-order valence-corrected chi connectivity index (χ4v) is 6.37. The van der Waals surface area contributed by atoms with Gasteiger partial charge in [0.25, 0.3) is 0 Å². The molecule has 0 radical (unpaired) electrons. The quantitative estimate of drug-likeness (QED) is 0.328. The molecule has 3 atom stereocenters. The van der Waals surface area contributed by atoms with E-state index in [0.29, 0.717) is 17.7 Å². The number of amidine groups is 1. The van der Waals surface area contributed by atoms with Gasteiger partial charge in [-0.1, -0.05) is 55.3 Å². The number of hydrogen-bond acceptors (Lipinski definition) is 6. The minimum absolute atomic E-state index is 0.0334. The predicted molar refractivity (Wildman–Crippen MR) is 145 cm³/mol. The number of alkyl carbamates (subject to hydrolysis) is 1. The van der Waals surface area contributed by atoms with E-state index in [4.69, 9.17) is 15.9 Å². The Morgan fingerprint density at radius 3 is 2.45 bits per heavy atom. The summed E-state index contributed by atoms with van der Waals surface area (Å²) < 4.78 is 32.7. The second-order valence-electron chi connectivity index (χ2n) is 9.72. The molecule has 2 aromatic carbocycles. The molecule has 0 aromatic heterocycles. The summed E-state index contributed by atoms with van der Waals surface area (Å²) in [7, 11) is -3.71. The van der Waals surface area contributed by atoms with Crippen LogP contribution in [0, 0.1) is 11.3 Å². The van der Waals surface area contributed by atoms with Gasteiger partial charge in [0.05, 0.1) is 11.4 Å². The number of fused-ring (bicyclic) bond motifs is 1. The molecule has 4 rings (SSSR count). The van der Waals surface area contributed by atoms with Crippen LogP contribution in [-0.2, 0) is 26.1 Å². The summed E-state index contributed by atoms with van der Waals surface area (Å²) in [4.78, 5) is 28.0. The Kier molecular flexibility index (Phi) is 8.55. The first kappa shape index (κ1) is 27.4. The third-order valence-corrected chi connectivity index (χ3v) is 9.04. The first-order chi connectivity index (χ1) is 18.2. The van der Waals surface area contributed by atoms with Crippen molar-refractivity contribution in [3.05, 3.63) is 65.7 Å². The number of rotatable bonds is 9. The average Bonchev–Trinajstić information content (AvgIpc) is 3.28. The molecule has 2 amide bonds. The van der Waals surface area contributed by atoms with Gasteiger partial charge in [0.2, 0.25) is 15.9 Å². The molecule has 0 bridgehead atoms. The lowest BCUT2D eigenvalue weighted by atomic mass is 9.85. The van der Waals surface area contributed by atoms with Crippen molar-refractivity contribution in [1.82, 2.24) is 10.2 Å². The van der Waals surface area contributed by atoms with Gasteiger partial charge in [-0.25, -0.2) is 13.2 Å². The minimum Gasteiger partial charge on any atom is -0.425 e. The second-order valence-corrected chi connectivity index (χ2v) is 11.9. The van der Waals surface area contributed by atoms with Crippen LogP contribution in [0.3, 0.4) is 0 Å². The summed E-state index contributed by atoms with van der Waals surface area (Å²) in [5.41, 5.74) is 7.31. The van der Waals surface area contributed by atoms with Crippen molar-refractivity contribution in [2.24, 2.45) is 11.7 Å². The number of amides is 2. The molecule has 2 fully saturated rings. The number of ether oxygens (including phenoxy) is 1. The van der Waals surface area contributed by atoms with Crippen LogP contribution in [0.15, 0.2) is 54.6 Å². The van der Waals surface area contributed by atoms with Gasteiger partial charge in [-0.15, -0.1) is 0 Å². The molecular weight excluding hydrogens is 506 g/mol. The normalized spacial score (nSPS) is 20.9. The predicted octanol–water partition coefficient (Wildman–Crippen LogP) is 3.17. The van der Waals surface area contributed by atoms with Crippen LogP contribution in [-0.4, -0.2) is 55.7 Å². The van der Waals surface area contributed by atoms with Crippen LogP contribution in [0.1, 0.15) is 50.2 Å². The number of para-hydroxylation sites is 1. The number of benzene rings is 2. The molecule has 2 aliphatic rings. The molecule has 1 heterocycles. The molecule has 1 saturated carbocycles. The van der Waals surface area contributed by atoms with Gasteiger partial charge in [-0.3, -0.25) is 14.5 Å². The van der Waals surface area contributed by atoms with E-state index in [1.165, 1.54) is 0 Å². The molecule has 0 unspecified atom stereocenters. The SMILES string of the molecule is CCS(=O)(=O)N(CC(=O)N1[C@@H](OC(=O)NCc2ccc(C(=N)N)cc2)C[C@H]2CCCC[C@H]21)c1ccccc1. The van der Waals surface area contributed by atoms with E-state index in [0.717, 1.165) is 35.6 Å². The number of nitrogen functional groups attached to an aromatic ring is 1. The van der Waals surface area contributed by atoms with E-state index >= 15 is 0 Å². The van der Waals surface area contributed by atoms with Gasteiger partial charge in [0, 0.05) is 24.6 Å². The van der Waals surface area contributed by atoms with Gasteiger partial charge >= 0.3 is 6.09 Å². The zero-order valence-electron chi connectivity index (χ0n) is 21.5. The van der Waals surface area contributed by atoms with Crippen LogP contribution in [0.2, 0.25) is 0 Å². The number of nitrogens with one attached hydrogen (secondary N) is 2. The molecule has 1 saturated heterocycles. The molecule has 2 aromatic rings. The fraction of sp³-hybridized carbons (Fsp3) is 0.444. The Morgan fingerprint density at radius 2 is 1.79 bits per heavy atom. The maximum atomic E-state index is 13.7. The van der Waals surface area contributed by atoms with E-state index in [1.807, 2.05) is 0 Å². The van der Waals surface area contributed by atoms with E-state index in [2.05, 4.69) is 5.32 Å². The highest BCUT2D eigenvalue weighted by molar-refractivity contribution is 7.92. The number of carbonyl (C=O) groups excluding carboxylic acids is 2. The number of nitrogens with two attached hydrogens (primary N) is 1. The van der Waals surface area contributed by atoms with Crippen LogP contribution in [0.25, 0.3) is 0 Å². The van der Waals surface area contributed by atoms with Crippen molar-refractivity contribution in [2.45, 2.75) is 57.8 Å². The molecule has 1 aliphatic carbocycles. The lowest BCUT2D eigenvalue weighted by Gasteiger charge is -2.35. The Bertz CT molecular complexity index is 1250. The first-order valence-electron chi connectivity index (χ1n) is 12.9. The third kappa shape index (κ3) is 6.27. The van der Waals surface area contributed by atoms with Crippen LogP contribution in [0.4, 0.5) is 10.5 Å². The van der Waals surface area contributed by atoms with Gasteiger partial charge in [0.15, 0.2) is 6.23 Å². The summed E-state index contributed by atoms with van der Waals surface area (Å²) in [6, 6.07) is 15.4. The maximum absolute atomic E-state index is 13.7. The average molecular weight is 542 g/mol. The van der Waals surface area contributed by atoms with Crippen molar-refractivity contribution >= 4 is 33.5 Å². The lowest BCUT2D eigenvalue weighted by molar-refractivity contribution is -0.139. The van der Waals surface area contributed by atoms with E-state index < -0.39 is 22.3 Å². The standard InChI is InChI=1S/C27H35N5O5S/c1-2-38(35,36)31(22-9-4-3-5-10-22)18-24(33)32-23-11-7-6-8-21(23)16-25(32)37-27(34)30-17-19-12-14-20(15-13-19)26(28)29/h3-5,9-10,12-15,21,23,25H,2,6-8,11,16-18H2,1H3,(H3,28,29)(H,30,34)/t21-,23-,25+/m1/s1. The number of hydrogen-bond donors (Lipinski definition) is 3. The number of likely N-dealkylation sites (tertiary alicyclic amines) is 1. The van der Waals surface area contributed by atoms with Crippen molar-refractivity contribution in [1.29, 1.82) is 5.41 Å². The minimum atomic E-state index is -3.71. The fourth-order valence-electron chi connectivity index (χ4n) is 5.31. The topological polar surface area (TPSA) is 146 Å². The van der Waals surface area contributed by atoms with Gasteiger partial charge < -0.3 is 20.7 Å². The Morgan fingerprint density at radius 1 is 1.11 bits per heavy atom. The Labute approximate surface area is 223 Å². The van der Waals surface area contributed by atoms with Crippen LogP contribution >= 0.6 is 0 Å². The second kappa shape index (κ2) is 11.8. The maximum Gasteiger partial charge on any atom is 0.409 e. The number of nitrogens with zero attached hydrogens (tertiary/aromatic N) is 2. The smallest absolute Gasteiger partial charge is 0.409 e. The first-order valence-corrected chi connectivity index (χ1v) is 14.5. The molecule has 1 aliphatic heterocycles. The summed E-state index contributed by atoms with van der Waals surface area (Å²) in [5, 5.41) is 10.2. The van der Waals surface area contributed by atoms with Gasteiger partial charge in [-0.2, -0.15) is 0 Å². The number of carbonyl (C=O) groups is 2. The van der Waals surface area contributed by atoms with Crippen molar-refractivity contribution < 1.29 is 22.7 Å². The molecule has 10 nitrogen and oxygen atoms in total. The summed E-state index contributed by atoms with van der Waals surface area (Å²) in [6.45, 7) is 1.40. The zero-order chi connectivity index (χ0) is 27.3. The molecule has 0 spiro atoms. The van der Waals surface area contributed by atoms with E-state index in [-0.39, 0.29) is 42.5 Å². The monoisotopic (exact) mass is 541 g/mol. The van der Waals surface area contributed by atoms with Crippen molar-refractivity contribution in [3.63, 3.8) is 0 Å². The highest BCUT2D eigenvalue weighted by Crippen LogP contribution is 2.40. The third-order valence-electron chi connectivity index (χ3n) is 7.30.